The van der Waals surface area contributed by atoms with Gasteiger partial charge in [0.1, 0.15) is 0 Å². The van der Waals surface area contributed by atoms with Crippen molar-refractivity contribution in [1.82, 2.24) is 0 Å². The minimum atomic E-state index is 0.746. The summed E-state index contributed by atoms with van der Waals surface area (Å²) >= 11 is 5.61. The van der Waals surface area contributed by atoms with Gasteiger partial charge in [-0.15, -0.1) is 11.6 Å². The maximum absolute atomic E-state index is 5.61. The second-order valence-electron chi connectivity index (χ2n) is 2.53. The highest BCUT2D eigenvalue weighted by Crippen LogP contribution is 2.33. The predicted octanol–water partition coefficient (Wildman–Crippen LogP) is 2.58. The van der Waals surface area contributed by atoms with Crippen molar-refractivity contribution in [2.45, 2.75) is 20.3 Å². The SMILES string of the molecule is CC1=C(CCl)CC1C. The monoisotopic (exact) mass is 130 g/mol. The zero-order chi connectivity index (χ0) is 6.15. The number of alkyl halides is 1. The lowest BCUT2D eigenvalue weighted by atomic mass is 9.81. The molecule has 0 saturated carbocycles. The molecule has 0 nitrogen and oxygen atoms in total. The largest absolute Gasteiger partial charge is 0.122 e. The maximum atomic E-state index is 5.61. The fourth-order valence-corrected chi connectivity index (χ4v) is 1.38. The predicted molar refractivity (Wildman–Crippen MR) is 37.2 cm³/mol. The van der Waals surface area contributed by atoms with Gasteiger partial charge >= 0.3 is 0 Å². The standard InChI is InChI=1S/C7H11Cl/c1-5-3-7(4-8)6(5)2/h5H,3-4H2,1-2H3. The van der Waals surface area contributed by atoms with Crippen molar-refractivity contribution in [3.05, 3.63) is 11.1 Å². The van der Waals surface area contributed by atoms with Gasteiger partial charge in [0.2, 0.25) is 0 Å². The molecule has 0 aromatic rings. The molecule has 1 aliphatic carbocycles. The zero-order valence-electron chi connectivity index (χ0n) is 5.37. The summed E-state index contributed by atoms with van der Waals surface area (Å²) in [6.45, 7) is 4.41. The summed E-state index contributed by atoms with van der Waals surface area (Å²) in [6.07, 6.45) is 1.23. The summed E-state index contributed by atoms with van der Waals surface area (Å²) in [5.74, 6) is 1.56. The van der Waals surface area contributed by atoms with Crippen molar-refractivity contribution in [3.63, 3.8) is 0 Å². The summed E-state index contributed by atoms with van der Waals surface area (Å²) < 4.78 is 0. The molecule has 1 rings (SSSR count). The topological polar surface area (TPSA) is 0 Å². The van der Waals surface area contributed by atoms with Gasteiger partial charge in [-0.1, -0.05) is 18.1 Å². The van der Waals surface area contributed by atoms with Gasteiger partial charge in [-0.2, -0.15) is 0 Å². The van der Waals surface area contributed by atoms with Crippen molar-refractivity contribution in [1.29, 1.82) is 0 Å². The van der Waals surface area contributed by atoms with Crippen LogP contribution in [0.1, 0.15) is 20.3 Å². The molecule has 0 saturated heterocycles. The van der Waals surface area contributed by atoms with Crippen LogP contribution in [0.15, 0.2) is 11.1 Å². The first-order valence-corrected chi connectivity index (χ1v) is 3.53. The average molecular weight is 131 g/mol. The van der Waals surface area contributed by atoms with E-state index in [1.807, 2.05) is 0 Å². The second kappa shape index (κ2) is 2.10. The minimum Gasteiger partial charge on any atom is -0.122 e. The third-order valence-corrected chi connectivity index (χ3v) is 2.33. The Morgan fingerprint density at radius 2 is 2.38 bits per heavy atom. The lowest BCUT2D eigenvalue weighted by Gasteiger charge is -2.26. The van der Waals surface area contributed by atoms with Crippen LogP contribution in [0.5, 0.6) is 0 Å². The van der Waals surface area contributed by atoms with E-state index in [-0.39, 0.29) is 0 Å². The Morgan fingerprint density at radius 3 is 2.50 bits per heavy atom. The van der Waals surface area contributed by atoms with Gasteiger partial charge in [-0.05, 0) is 19.3 Å². The van der Waals surface area contributed by atoms with Crippen LogP contribution in [0.4, 0.5) is 0 Å². The Bertz CT molecular complexity index is 124. The van der Waals surface area contributed by atoms with Crippen LogP contribution in [0, 0.1) is 5.92 Å². The van der Waals surface area contributed by atoms with Crippen molar-refractivity contribution in [2.75, 3.05) is 5.88 Å². The highest BCUT2D eigenvalue weighted by molar-refractivity contribution is 6.19. The number of hydrogen-bond donors (Lipinski definition) is 0. The molecule has 1 unspecified atom stereocenters. The number of rotatable bonds is 1. The van der Waals surface area contributed by atoms with Gasteiger partial charge in [0, 0.05) is 5.88 Å². The third-order valence-electron chi connectivity index (χ3n) is 2.01. The summed E-state index contributed by atoms with van der Waals surface area (Å²) in [4.78, 5) is 0. The van der Waals surface area contributed by atoms with Gasteiger partial charge in [-0.25, -0.2) is 0 Å². The molecule has 0 N–H and O–H groups in total. The lowest BCUT2D eigenvalue weighted by Crippen LogP contribution is -2.13. The van der Waals surface area contributed by atoms with Crippen molar-refractivity contribution >= 4 is 11.6 Å². The molecule has 0 amide bonds. The van der Waals surface area contributed by atoms with Gasteiger partial charge < -0.3 is 0 Å². The molecule has 0 bridgehead atoms. The third kappa shape index (κ3) is 0.775. The van der Waals surface area contributed by atoms with Crippen molar-refractivity contribution in [2.24, 2.45) is 5.92 Å². The fourth-order valence-electron chi connectivity index (χ4n) is 1.06. The molecule has 0 spiro atoms. The van der Waals surface area contributed by atoms with Gasteiger partial charge in [0.25, 0.3) is 0 Å². The molecule has 46 valence electrons. The molecular formula is C7H11Cl. The van der Waals surface area contributed by atoms with E-state index >= 15 is 0 Å². The first-order valence-electron chi connectivity index (χ1n) is 3.00. The van der Waals surface area contributed by atoms with E-state index in [9.17, 15) is 0 Å². The van der Waals surface area contributed by atoms with Crippen LogP contribution in [0.25, 0.3) is 0 Å². The van der Waals surface area contributed by atoms with Gasteiger partial charge in [-0.3, -0.25) is 0 Å². The first-order chi connectivity index (χ1) is 3.75. The Balaban J connectivity index is 2.58. The fraction of sp³-hybridized carbons (Fsp3) is 0.714. The van der Waals surface area contributed by atoms with Crippen LogP contribution in [0.3, 0.4) is 0 Å². The molecule has 1 atom stereocenters. The molecule has 1 aliphatic rings. The van der Waals surface area contributed by atoms with Crippen molar-refractivity contribution < 1.29 is 0 Å². The van der Waals surface area contributed by atoms with E-state index in [1.54, 1.807) is 0 Å². The summed E-state index contributed by atoms with van der Waals surface area (Å²) in [7, 11) is 0. The van der Waals surface area contributed by atoms with Gasteiger partial charge in [0.15, 0.2) is 0 Å². The first kappa shape index (κ1) is 6.15. The minimum absolute atomic E-state index is 0.746. The van der Waals surface area contributed by atoms with Gasteiger partial charge in [0.05, 0.1) is 0 Å². The van der Waals surface area contributed by atoms with E-state index in [0.717, 1.165) is 11.8 Å². The molecule has 1 heteroatoms. The molecule has 0 aromatic carbocycles. The average Bonchev–Trinajstić information content (AvgIpc) is 1.81. The summed E-state index contributed by atoms with van der Waals surface area (Å²) in [5.41, 5.74) is 2.97. The zero-order valence-corrected chi connectivity index (χ0v) is 6.13. The van der Waals surface area contributed by atoms with Crippen LogP contribution in [-0.2, 0) is 0 Å². The molecule has 0 heterocycles. The smallest absolute Gasteiger partial charge is 0.0436 e. The van der Waals surface area contributed by atoms with E-state index < -0.39 is 0 Å². The highest BCUT2D eigenvalue weighted by atomic mass is 35.5. The maximum Gasteiger partial charge on any atom is 0.0436 e. The second-order valence-corrected chi connectivity index (χ2v) is 2.79. The van der Waals surface area contributed by atoms with Crippen LogP contribution in [0.2, 0.25) is 0 Å². The molecule has 0 aromatic heterocycles. The molecule has 0 aliphatic heterocycles. The van der Waals surface area contributed by atoms with E-state index in [0.29, 0.717) is 0 Å². The van der Waals surface area contributed by atoms with Crippen LogP contribution < -0.4 is 0 Å². The summed E-state index contributed by atoms with van der Waals surface area (Å²) in [5, 5.41) is 0. The number of halogens is 1. The van der Waals surface area contributed by atoms with Crippen LogP contribution in [-0.4, -0.2) is 5.88 Å². The number of allylic oxidation sites excluding steroid dienone is 2. The quantitative estimate of drug-likeness (QED) is 0.378. The van der Waals surface area contributed by atoms with Crippen LogP contribution >= 0.6 is 11.6 Å². The lowest BCUT2D eigenvalue weighted by molar-refractivity contribution is 0.585. The number of hydrogen-bond acceptors (Lipinski definition) is 0. The van der Waals surface area contributed by atoms with Crippen molar-refractivity contribution in [3.8, 4) is 0 Å². The van der Waals surface area contributed by atoms with E-state index in [1.165, 1.54) is 17.6 Å². The summed E-state index contributed by atoms with van der Waals surface area (Å²) in [6, 6.07) is 0. The molecular weight excluding hydrogens is 120 g/mol. The normalized spacial score (nSPS) is 28.1. The van der Waals surface area contributed by atoms with E-state index in [2.05, 4.69) is 13.8 Å². The Morgan fingerprint density at radius 1 is 1.75 bits per heavy atom. The molecule has 8 heavy (non-hydrogen) atoms. The Labute approximate surface area is 55.5 Å². The Kier molecular flexibility index (Phi) is 1.62. The molecule has 0 radical (unpaired) electrons. The Hall–Kier alpha value is 0.0300. The van der Waals surface area contributed by atoms with E-state index in [4.69, 9.17) is 11.6 Å². The highest BCUT2D eigenvalue weighted by Gasteiger charge is 2.19. The molecule has 0 fully saturated rings.